The molecular weight excluding hydrogens is 222 g/mol. The van der Waals surface area contributed by atoms with Gasteiger partial charge in [0.05, 0.1) is 5.52 Å². The molecule has 2 N–H and O–H groups in total. The third kappa shape index (κ3) is 2.01. The van der Waals surface area contributed by atoms with Crippen LogP contribution in [-0.2, 0) is 0 Å². The Morgan fingerprint density at radius 3 is 2.72 bits per heavy atom. The molecule has 3 nitrogen and oxygen atoms in total. The highest BCUT2D eigenvalue weighted by molar-refractivity contribution is 5.83. The van der Waals surface area contributed by atoms with Crippen LogP contribution in [0.5, 0.6) is 0 Å². The lowest BCUT2D eigenvalue weighted by atomic mass is 10.2. The summed E-state index contributed by atoms with van der Waals surface area (Å²) in [5.41, 5.74) is 7.60. The first-order valence-corrected chi connectivity index (χ1v) is 6.63. The van der Waals surface area contributed by atoms with Crippen LogP contribution < -0.4 is 10.6 Å². The molecule has 1 fully saturated rings. The molecule has 1 aliphatic rings. The van der Waals surface area contributed by atoms with Gasteiger partial charge in [0.1, 0.15) is 5.82 Å². The second-order valence-electron chi connectivity index (χ2n) is 5.17. The van der Waals surface area contributed by atoms with Gasteiger partial charge in [0.2, 0.25) is 0 Å². The van der Waals surface area contributed by atoms with E-state index in [-0.39, 0.29) is 0 Å². The number of anilines is 2. The van der Waals surface area contributed by atoms with Crippen LogP contribution in [0.4, 0.5) is 11.5 Å². The molecule has 0 radical (unpaired) electrons. The normalized spacial score (nSPS) is 16.3. The molecule has 2 aromatic rings. The van der Waals surface area contributed by atoms with E-state index in [4.69, 9.17) is 10.7 Å². The van der Waals surface area contributed by atoms with Crippen LogP contribution in [0.25, 0.3) is 10.9 Å². The lowest BCUT2D eigenvalue weighted by molar-refractivity contribution is 0.647. The van der Waals surface area contributed by atoms with Gasteiger partial charge in [-0.3, -0.25) is 0 Å². The summed E-state index contributed by atoms with van der Waals surface area (Å²) in [4.78, 5) is 7.05. The van der Waals surface area contributed by atoms with Gasteiger partial charge in [0, 0.05) is 24.2 Å². The van der Waals surface area contributed by atoms with Crippen LogP contribution in [0.3, 0.4) is 0 Å². The summed E-state index contributed by atoms with van der Waals surface area (Å²) in [5, 5.41) is 1.11. The van der Waals surface area contributed by atoms with Gasteiger partial charge in [-0.05, 0) is 43.2 Å². The maximum absolute atomic E-state index is 5.78. The second-order valence-corrected chi connectivity index (χ2v) is 5.17. The van der Waals surface area contributed by atoms with Gasteiger partial charge < -0.3 is 10.6 Å². The number of benzene rings is 1. The van der Waals surface area contributed by atoms with Crippen LogP contribution in [0.1, 0.15) is 25.7 Å². The fraction of sp³-hybridized carbons (Fsp3) is 0.400. The number of hydrogen-bond acceptors (Lipinski definition) is 3. The van der Waals surface area contributed by atoms with Crippen molar-refractivity contribution >= 4 is 22.4 Å². The zero-order chi connectivity index (χ0) is 12.5. The van der Waals surface area contributed by atoms with Crippen molar-refractivity contribution in [1.82, 2.24) is 4.98 Å². The van der Waals surface area contributed by atoms with Crippen molar-refractivity contribution in [2.75, 3.05) is 17.7 Å². The quantitative estimate of drug-likeness (QED) is 0.821. The topological polar surface area (TPSA) is 42.1 Å². The Morgan fingerprint density at radius 1 is 1.17 bits per heavy atom. The lowest BCUT2D eigenvalue weighted by Gasteiger charge is -2.25. The Balaban J connectivity index is 1.94. The molecule has 1 saturated carbocycles. The Labute approximate surface area is 108 Å². The van der Waals surface area contributed by atoms with Crippen molar-refractivity contribution in [2.24, 2.45) is 0 Å². The molecular formula is C15H19N3. The molecule has 94 valence electrons. The first kappa shape index (κ1) is 11.3. The molecule has 0 spiro atoms. The SMILES string of the molecule is CN(c1ccc2cc(N)ccc2n1)C1CCCC1. The van der Waals surface area contributed by atoms with Gasteiger partial charge in [-0.15, -0.1) is 0 Å². The third-order valence-corrected chi connectivity index (χ3v) is 3.93. The molecule has 1 aromatic heterocycles. The average Bonchev–Trinajstić information content (AvgIpc) is 2.91. The Bertz CT molecular complexity index is 559. The minimum absolute atomic E-state index is 0.656. The summed E-state index contributed by atoms with van der Waals surface area (Å²) < 4.78 is 0. The molecule has 1 aliphatic carbocycles. The summed E-state index contributed by atoms with van der Waals surface area (Å²) in [5.74, 6) is 1.07. The van der Waals surface area contributed by atoms with Crippen molar-refractivity contribution in [2.45, 2.75) is 31.7 Å². The van der Waals surface area contributed by atoms with Crippen molar-refractivity contribution in [1.29, 1.82) is 0 Å². The maximum Gasteiger partial charge on any atom is 0.129 e. The summed E-state index contributed by atoms with van der Waals surface area (Å²) in [6.07, 6.45) is 5.27. The number of fused-ring (bicyclic) bond motifs is 1. The maximum atomic E-state index is 5.78. The highest BCUT2D eigenvalue weighted by Crippen LogP contribution is 2.27. The van der Waals surface area contributed by atoms with E-state index in [1.54, 1.807) is 0 Å². The highest BCUT2D eigenvalue weighted by atomic mass is 15.2. The average molecular weight is 241 g/mol. The number of rotatable bonds is 2. The smallest absolute Gasteiger partial charge is 0.129 e. The van der Waals surface area contributed by atoms with Crippen LogP contribution in [0.2, 0.25) is 0 Å². The molecule has 0 saturated heterocycles. The van der Waals surface area contributed by atoms with Gasteiger partial charge in [-0.25, -0.2) is 4.98 Å². The first-order valence-electron chi connectivity index (χ1n) is 6.63. The molecule has 3 rings (SSSR count). The number of nitrogens with two attached hydrogens (primary N) is 1. The molecule has 0 unspecified atom stereocenters. The zero-order valence-electron chi connectivity index (χ0n) is 10.8. The molecule has 0 amide bonds. The number of nitrogens with zero attached hydrogens (tertiary/aromatic N) is 2. The van der Waals surface area contributed by atoms with Gasteiger partial charge in [0.25, 0.3) is 0 Å². The fourth-order valence-corrected chi connectivity index (χ4v) is 2.81. The minimum atomic E-state index is 0.656. The number of hydrogen-bond donors (Lipinski definition) is 1. The standard InChI is InChI=1S/C15H19N3/c1-18(13-4-2-3-5-13)15-9-6-11-10-12(16)7-8-14(11)17-15/h6-10,13H,2-5,16H2,1H3. The van der Waals surface area contributed by atoms with Crippen molar-refractivity contribution in [3.05, 3.63) is 30.3 Å². The van der Waals surface area contributed by atoms with Gasteiger partial charge >= 0.3 is 0 Å². The third-order valence-electron chi connectivity index (χ3n) is 3.93. The van der Waals surface area contributed by atoms with E-state index in [0.29, 0.717) is 6.04 Å². The van der Waals surface area contributed by atoms with Crippen LogP contribution in [-0.4, -0.2) is 18.1 Å². The number of pyridine rings is 1. The molecule has 0 atom stereocenters. The second kappa shape index (κ2) is 4.48. The minimum Gasteiger partial charge on any atom is -0.399 e. The van der Waals surface area contributed by atoms with E-state index in [2.05, 4.69) is 24.1 Å². The Kier molecular flexibility index (Phi) is 2.82. The first-order chi connectivity index (χ1) is 8.74. The molecule has 1 aromatic carbocycles. The van der Waals surface area contributed by atoms with E-state index in [0.717, 1.165) is 22.4 Å². The van der Waals surface area contributed by atoms with Crippen LogP contribution in [0.15, 0.2) is 30.3 Å². The van der Waals surface area contributed by atoms with Crippen LogP contribution >= 0.6 is 0 Å². The van der Waals surface area contributed by atoms with E-state index >= 15 is 0 Å². The number of nitrogen functional groups attached to an aromatic ring is 1. The highest BCUT2D eigenvalue weighted by Gasteiger charge is 2.20. The molecule has 0 bridgehead atoms. The van der Waals surface area contributed by atoms with E-state index < -0.39 is 0 Å². The fourth-order valence-electron chi connectivity index (χ4n) is 2.81. The summed E-state index contributed by atoms with van der Waals surface area (Å²) in [6.45, 7) is 0. The summed E-state index contributed by atoms with van der Waals surface area (Å²) in [7, 11) is 2.15. The lowest BCUT2D eigenvalue weighted by Crippen LogP contribution is -2.29. The summed E-state index contributed by atoms with van der Waals surface area (Å²) in [6, 6.07) is 10.7. The van der Waals surface area contributed by atoms with E-state index in [1.165, 1.54) is 25.7 Å². The van der Waals surface area contributed by atoms with Crippen molar-refractivity contribution in [3.8, 4) is 0 Å². The molecule has 3 heteroatoms. The zero-order valence-corrected chi connectivity index (χ0v) is 10.8. The molecule has 0 aliphatic heterocycles. The Morgan fingerprint density at radius 2 is 1.94 bits per heavy atom. The van der Waals surface area contributed by atoms with Crippen LogP contribution in [0, 0.1) is 0 Å². The van der Waals surface area contributed by atoms with Crippen molar-refractivity contribution in [3.63, 3.8) is 0 Å². The van der Waals surface area contributed by atoms with Gasteiger partial charge in [-0.2, -0.15) is 0 Å². The largest absolute Gasteiger partial charge is 0.399 e. The Hall–Kier alpha value is -1.77. The van der Waals surface area contributed by atoms with Gasteiger partial charge in [0.15, 0.2) is 0 Å². The predicted molar refractivity (Wildman–Crippen MR) is 76.8 cm³/mol. The number of aromatic nitrogens is 1. The van der Waals surface area contributed by atoms with Crippen molar-refractivity contribution < 1.29 is 0 Å². The summed E-state index contributed by atoms with van der Waals surface area (Å²) >= 11 is 0. The van der Waals surface area contributed by atoms with Gasteiger partial charge in [-0.1, -0.05) is 12.8 Å². The predicted octanol–water partition coefficient (Wildman–Crippen LogP) is 3.20. The van der Waals surface area contributed by atoms with E-state index in [1.807, 2.05) is 18.2 Å². The molecule has 18 heavy (non-hydrogen) atoms. The van der Waals surface area contributed by atoms with E-state index in [9.17, 15) is 0 Å². The monoisotopic (exact) mass is 241 g/mol. The molecule has 1 heterocycles.